The van der Waals surface area contributed by atoms with Crippen LogP contribution in [0.15, 0.2) is 64.2 Å². The Morgan fingerprint density at radius 2 is 1.94 bits per heavy atom. The maximum absolute atomic E-state index is 11.0. The fourth-order valence-electron chi connectivity index (χ4n) is 2.91. The minimum atomic E-state index is -0.958. The van der Waals surface area contributed by atoms with Crippen LogP contribution >= 0.6 is 0 Å². The van der Waals surface area contributed by atoms with Gasteiger partial charge in [0, 0.05) is 11.8 Å². The van der Waals surface area contributed by atoms with Crippen LogP contribution in [0.2, 0.25) is 0 Å². The summed E-state index contributed by atoms with van der Waals surface area (Å²) in [6.45, 7) is 3.88. The van der Waals surface area contributed by atoms with Crippen LogP contribution in [0.25, 0.3) is 11.5 Å². The lowest BCUT2D eigenvalue weighted by Gasteiger charge is -2.13. The summed E-state index contributed by atoms with van der Waals surface area (Å²) < 4.78 is 11.2. The molecule has 31 heavy (non-hydrogen) atoms. The Labute approximate surface area is 181 Å². The first-order valence-electron chi connectivity index (χ1n) is 10.2. The second kappa shape index (κ2) is 11.0. The highest BCUT2D eigenvalue weighted by Crippen LogP contribution is 2.21. The zero-order valence-electron chi connectivity index (χ0n) is 17.7. The average molecular weight is 422 g/mol. The molecule has 0 saturated carbocycles. The van der Waals surface area contributed by atoms with Gasteiger partial charge in [0.15, 0.2) is 12.7 Å². The Morgan fingerprint density at radius 3 is 2.61 bits per heavy atom. The van der Waals surface area contributed by atoms with E-state index in [9.17, 15) is 4.79 Å². The number of rotatable bonds is 11. The van der Waals surface area contributed by atoms with Gasteiger partial charge in [-0.05, 0) is 56.0 Å². The van der Waals surface area contributed by atoms with Gasteiger partial charge >= 0.3 is 5.97 Å². The van der Waals surface area contributed by atoms with Crippen LogP contribution in [0.5, 0.6) is 5.75 Å². The summed E-state index contributed by atoms with van der Waals surface area (Å²) in [5.74, 6) is 0.874. The molecule has 0 saturated heterocycles. The van der Waals surface area contributed by atoms with Gasteiger partial charge in [0.05, 0.1) is 0 Å². The van der Waals surface area contributed by atoms with Crippen LogP contribution < -0.4 is 4.74 Å². The van der Waals surface area contributed by atoms with Crippen LogP contribution in [-0.4, -0.2) is 28.4 Å². The van der Waals surface area contributed by atoms with Crippen molar-refractivity contribution >= 4 is 12.2 Å². The predicted octanol–water partition coefficient (Wildman–Crippen LogP) is 5.03. The molecule has 0 amide bonds. The second-order valence-corrected chi connectivity index (χ2v) is 6.98. The SMILES string of the molecule is CCC(Oc1ccc(CCC=NOCc2nc(-c3ccccc3)oc2C)cc1)C(=O)O. The molecule has 3 aromatic rings. The van der Waals surface area contributed by atoms with Crippen LogP contribution in [0.3, 0.4) is 0 Å². The second-order valence-electron chi connectivity index (χ2n) is 6.98. The third-order valence-corrected chi connectivity index (χ3v) is 4.67. The van der Waals surface area contributed by atoms with E-state index in [2.05, 4.69) is 10.1 Å². The molecule has 0 aliphatic rings. The molecule has 1 heterocycles. The summed E-state index contributed by atoms with van der Waals surface area (Å²) in [6.07, 6.45) is 2.79. The van der Waals surface area contributed by atoms with Crippen molar-refractivity contribution in [3.8, 4) is 17.2 Å². The summed E-state index contributed by atoms with van der Waals surface area (Å²) in [7, 11) is 0. The van der Waals surface area contributed by atoms with Crippen molar-refractivity contribution in [2.24, 2.45) is 5.16 Å². The van der Waals surface area contributed by atoms with E-state index in [1.165, 1.54) is 0 Å². The summed E-state index contributed by atoms with van der Waals surface area (Å²) in [5.41, 5.74) is 2.74. The highest BCUT2D eigenvalue weighted by atomic mass is 16.6. The zero-order valence-corrected chi connectivity index (χ0v) is 17.7. The molecule has 0 aliphatic heterocycles. The number of ether oxygens (including phenoxy) is 1. The Bertz CT molecular complexity index is 997. The molecule has 0 bridgehead atoms. The number of aromatic nitrogens is 1. The first-order valence-corrected chi connectivity index (χ1v) is 10.2. The maximum atomic E-state index is 11.0. The van der Waals surface area contributed by atoms with Crippen molar-refractivity contribution < 1.29 is 23.9 Å². The van der Waals surface area contributed by atoms with Gasteiger partial charge in [0.25, 0.3) is 0 Å². The summed E-state index contributed by atoms with van der Waals surface area (Å²) in [5, 5.41) is 13.1. The van der Waals surface area contributed by atoms with Gasteiger partial charge in [0.1, 0.15) is 17.2 Å². The van der Waals surface area contributed by atoms with E-state index >= 15 is 0 Å². The highest BCUT2D eigenvalue weighted by Gasteiger charge is 2.16. The number of aryl methyl sites for hydroxylation is 2. The molecule has 0 spiro atoms. The van der Waals surface area contributed by atoms with Crippen LogP contribution in [0.4, 0.5) is 0 Å². The van der Waals surface area contributed by atoms with Gasteiger partial charge in [-0.3, -0.25) is 0 Å². The number of carbonyl (C=O) groups is 1. The molecular weight excluding hydrogens is 396 g/mol. The average Bonchev–Trinajstić information content (AvgIpc) is 3.16. The van der Waals surface area contributed by atoms with E-state index in [4.69, 9.17) is 19.1 Å². The molecule has 0 radical (unpaired) electrons. The molecule has 2 aromatic carbocycles. The number of benzene rings is 2. The van der Waals surface area contributed by atoms with Gasteiger partial charge in [-0.1, -0.05) is 42.4 Å². The first kappa shape index (κ1) is 22.1. The number of carboxylic acids is 1. The van der Waals surface area contributed by atoms with Crippen molar-refractivity contribution in [1.29, 1.82) is 0 Å². The van der Waals surface area contributed by atoms with Crippen molar-refractivity contribution in [2.75, 3.05) is 0 Å². The molecule has 7 heteroatoms. The molecule has 0 fully saturated rings. The third kappa shape index (κ3) is 6.44. The highest BCUT2D eigenvalue weighted by molar-refractivity contribution is 5.72. The van der Waals surface area contributed by atoms with Gasteiger partial charge in [-0.15, -0.1) is 0 Å². The van der Waals surface area contributed by atoms with E-state index in [0.717, 1.165) is 23.2 Å². The maximum Gasteiger partial charge on any atom is 0.344 e. The Morgan fingerprint density at radius 1 is 1.19 bits per heavy atom. The normalized spacial score (nSPS) is 12.1. The third-order valence-electron chi connectivity index (χ3n) is 4.67. The van der Waals surface area contributed by atoms with Crippen LogP contribution in [-0.2, 0) is 22.7 Å². The fourth-order valence-corrected chi connectivity index (χ4v) is 2.91. The van der Waals surface area contributed by atoms with E-state index in [1.54, 1.807) is 25.3 Å². The monoisotopic (exact) mass is 422 g/mol. The number of oxazole rings is 1. The van der Waals surface area contributed by atoms with Gasteiger partial charge in [-0.25, -0.2) is 9.78 Å². The molecule has 162 valence electrons. The number of hydrogen-bond acceptors (Lipinski definition) is 6. The van der Waals surface area contributed by atoms with Crippen molar-refractivity contribution in [1.82, 2.24) is 4.98 Å². The number of aliphatic carboxylic acids is 1. The minimum absolute atomic E-state index is 0.243. The Hall–Kier alpha value is -3.61. The number of nitrogens with zero attached hydrogens (tertiary/aromatic N) is 2. The van der Waals surface area contributed by atoms with Crippen molar-refractivity contribution in [2.45, 2.75) is 45.8 Å². The molecule has 0 aliphatic carbocycles. The predicted molar refractivity (Wildman–Crippen MR) is 117 cm³/mol. The van der Waals surface area contributed by atoms with Crippen LogP contribution in [0.1, 0.15) is 36.8 Å². The molecule has 7 nitrogen and oxygen atoms in total. The zero-order chi connectivity index (χ0) is 22.1. The molecule has 3 rings (SSSR count). The molecular formula is C24H26N2O5. The number of hydrogen-bond donors (Lipinski definition) is 1. The standard InChI is InChI=1S/C24H26N2O5/c1-3-22(24(27)28)31-20-13-11-18(12-14-20)8-7-15-25-29-16-21-17(2)30-23(26-21)19-9-5-4-6-10-19/h4-6,9-15,22H,3,7-8,16H2,1-2H3,(H,27,28). The molecule has 1 unspecified atom stereocenters. The van der Waals surface area contributed by atoms with Crippen molar-refractivity contribution in [3.05, 3.63) is 71.6 Å². The van der Waals surface area contributed by atoms with Crippen molar-refractivity contribution in [3.63, 3.8) is 0 Å². The molecule has 1 N–H and O–H groups in total. The first-order chi connectivity index (χ1) is 15.1. The molecule has 1 aromatic heterocycles. The smallest absolute Gasteiger partial charge is 0.344 e. The minimum Gasteiger partial charge on any atom is -0.479 e. The quantitative estimate of drug-likeness (QED) is 0.344. The van der Waals surface area contributed by atoms with E-state index in [0.29, 0.717) is 30.2 Å². The number of oxime groups is 1. The topological polar surface area (TPSA) is 94.2 Å². The largest absolute Gasteiger partial charge is 0.479 e. The lowest BCUT2D eigenvalue weighted by atomic mass is 10.1. The van der Waals surface area contributed by atoms with Gasteiger partial charge in [-0.2, -0.15) is 0 Å². The summed E-state index contributed by atoms with van der Waals surface area (Å²) in [4.78, 5) is 20.9. The van der Waals surface area contributed by atoms with E-state index in [1.807, 2.05) is 49.4 Å². The lowest BCUT2D eigenvalue weighted by molar-refractivity contribution is -0.145. The summed E-state index contributed by atoms with van der Waals surface area (Å²) in [6, 6.07) is 17.1. The van der Waals surface area contributed by atoms with E-state index < -0.39 is 12.1 Å². The fraction of sp³-hybridized carbons (Fsp3) is 0.292. The number of carboxylic acid groups (broad SMARTS) is 1. The van der Waals surface area contributed by atoms with Gasteiger partial charge < -0.3 is 19.1 Å². The Balaban J connectivity index is 1.42. The molecule has 1 atom stereocenters. The lowest BCUT2D eigenvalue weighted by Crippen LogP contribution is -2.25. The Kier molecular flexibility index (Phi) is 7.81. The van der Waals surface area contributed by atoms with E-state index in [-0.39, 0.29) is 6.61 Å². The van der Waals surface area contributed by atoms with Gasteiger partial charge in [0.2, 0.25) is 5.89 Å². The summed E-state index contributed by atoms with van der Waals surface area (Å²) >= 11 is 0. The van der Waals surface area contributed by atoms with Crippen LogP contribution in [0, 0.1) is 6.92 Å².